The molecular formula is C23H19N5O3S2. The molecule has 0 aliphatic rings. The number of fused-ring (bicyclic) bond motifs is 1. The molecular weight excluding hydrogens is 458 g/mol. The molecule has 0 radical (unpaired) electrons. The highest BCUT2D eigenvalue weighted by Crippen LogP contribution is 2.26. The Bertz CT molecular complexity index is 1510. The molecule has 0 aliphatic carbocycles. The van der Waals surface area contributed by atoms with E-state index in [9.17, 15) is 8.42 Å². The summed E-state index contributed by atoms with van der Waals surface area (Å²) < 4.78 is 35.4. The maximum atomic E-state index is 12.8. The predicted molar refractivity (Wildman–Crippen MR) is 128 cm³/mol. The van der Waals surface area contributed by atoms with Gasteiger partial charge in [0.2, 0.25) is 0 Å². The zero-order valence-electron chi connectivity index (χ0n) is 17.5. The lowest BCUT2D eigenvalue weighted by Crippen LogP contribution is -2.13. The molecule has 1 N–H and O–H groups in total. The summed E-state index contributed by atoms with van der Waals surface area (Å²) in [7, 11) is -3.76. The standard InChI is InChI=1S/C23H19N5O3S2/c1-2-31-18-8-10-19(11-9-18)33(29,30)27-17-6-3-5-16(15-17)20-12-13-22-24-25-23(28(22)26-20)21-7-4-14-32-21/h3-15,27H,2H2,1H3. The molecule has 0 unspecified atom stereocenters. The molecule has 5 aromatic rings. The van der Waals surface area contributed by atoms with Crippen LogP contribution in [0.5, 0.6) is 5.75 Å². The van der Waals surface area contributed by atoms with E-state index >= 15 is 0 Å². The number of rotatable bonds is 7. The lowest BCUT2D eigenvalue weighted by Gasteiger charge is -2.10. The number of ether oxygens (including phenoxy) is 1. The fraction of sp³-hybridized carbons (Fsp3) is 0.0870. The zero-order valence-corrected chi connectivity index (χ0v) is 19.2. The molecule has 0 aliphatic heterocycles. The van der Waals surface area contributed by atoms with Gasteiger partial charge in [-0.3, -0.25) is 4.72 Å². The highest BCUT2D eigenvalue weighted by molar-refractivity contribution is 7.92. The van der Waals surface area contributed by atoms with Crippen molar-refractivity contribution < 1.29 is 13.2 Å². The van der Waals surface area contributed by atoms with Gasteiger partial charge in [-0.15, -0.1) is 21.5 Å². The van der Waals surface area contributed by atoms with Gasteiger partial charge in [0.05, 0.1) is 22.1 Å². The van der Waals surface area contributed by atoms with Gasteiger partial charge in [0.1, 0.15) is 5.75 Å². The van der Waals surface area contributed by atoms with Gasteiger partial charge < -0.3 is 4.74 Å². The van der Waals surface area contributed by atoms with Crippen LogP contribution in [0, 0.1) is 0 Å². The summed E-state index contributed by atoms with van der Waals surface area (Å²) in [5.74, 6) is 1.28. The maximum Gasteiger partial charge on any atom is 0.261 e. The molecule has 0 atom stereocenters. The fourth-order valence-electron chi connectivity index (χ4n) is 3.34. The van der Waals surface area contributed by atoms with E-state index in [-0.39, 0.29) is 4.90 Å². The number of hydrogen-bond acceptors (Lipinski definition) is 7. The van der Waals surface area contributed by atoms with Crippen molar-refractivity contribution in [1.82, 2.24) is 19.8 Å². The maximum absolute atomic E-state index is 12.8. The minimum absolute atomic E-state index is 0.154. The molecule has 0 saturated heterocycles. The van der Waals surface area contributed by atoms with Crippen LogP contribution in [-0.2, 0) is 10.0 Å². The largest absolute Gasteiger partial charge is 0.494 e. The number of thiophene rings is 1. The number of hydrogen-bond donors (Lipinski definition) is 1. The number of anilines is 1. The Kier molecular flexibility index (Phi) is 5.53. The van der Waals surface area contributed by atoms with Crippen LogP contribution >= 0.6 is 11.3 Å². The van der Waals surface area contributed by atoms with Gasteiger partial charge >= 0.3 is 0 Å². The first-order valence-corrected chi connectivity index (χ1v) is 12.5. The Balaban J connectivity index is 1.44. The van der Waals surface area contributed by atoms with E-state index in [1.165, 1.54) is 12.1 Å². The van der Waals surface area contributed by atoms with Crippen molar-refractivity contribution in [1.29, 1.82) is 0 Å². The smallest absolute Gasteiger partial charge is 0.261 e. The molecule has 33 heavy (non-hydrogen) atoms. The van der Waals surface area contributed by atoms with Crippen LogP contribution in [0.3, 0.4) is 0 Å². The Labute approximate surface area is 194 Å². The highest BCUT2D eigenvalue weighted by Gasteiger charge is 2.16. The van der Waals surface area contributed by atoms with Crippen molar-refractivity contribution in [2.45, 2.75) is 11.8 Å². The Morgan fingerprint density at radius 1 is 1.00 bits per heavy atom. The van der Waals surface area contributed by atoms with Gasteiger partial charge in [-0.25, -0.2) is 8.42 Å². The highest BCUT2D eigenvalue weighted by atomic mass is 32.2. The third kappa shape index (κ3) is 4.30. The molecule has 0 amide bonds. The molecule has 10 heteroatoms. The monoisotopic (exact) mass is 477 g/mol. The van der Waals surface area contributed by atoms with Crippen molar-refractivity contribution in [2.24, 2.45) is 0 Å². The minimum Gasteiger partial charge on any atom is -0.494 e. The van der Waals surface area contributed by atoms with Crippen molar-refractivity contribution >= 4 is 32.7 Å². The topological polar surface area (TPSA) is 98.5 Å². The fourth-order valence-corrected chi connectivity index (χ4v) is 5.08. The van der Waals surface area contributed by atoms with Crippen LogP contribution in [0.2, 0.25) is 0 Å². The second-order valence-corrected chi connectivity index (χ2v) is 9.71. The molecule has 0 fully saturated rings. The summed E-state index contributed by atoms with van der Waals surface area (Å²) >= 11 is 1.56. The van der Waals surface area contributed by atoms with Crippen molar-refractivity contribution in [3.63, 3.8) is 0 Å². The molecule has 2 aromatic carbocycles. The summed E-state index contributed by atoms with van der Waals surface area (Å²) in [4.78, 5) is 1.12. The van der Waals surface area contributed by atoms with E-state index in [1.807, 2.05) is 42.6 Å². The molecule has 0 bridgehead atoms. The average molecular weight is 478 g/mol. The first-order chi connectivity index (χ1) is 16.0. The minimum atomic E-state index is -3.76. The number of aromatic nitrogens is 4. The van der Waals surface area contributed by atoms with Crippen LogP contribution in [-0.4, -0.2) is 34.8 Å². The number of nitrogens with zero attached hydrogens (tertiary/aromatic N) is 4. The Morgan fingerprint density at radius 3 is 2.61 bits per heavy atom. The SMILES string of the molecule is CCOc1ccc(S(=O)(=O)Nc2cccc(-c3ccc4nnc(-c5cccs5)n4n3)c2)cc1. The first kappa shape index (κ1) is 21.1. The number of sulfonamides is 1. The quantitative estimate of drug-likeness (QED) is 0.364. The van der Waals surface area contributed by atoms with Gasteiger partial charge in [-0.2, -0.15) is 9.61 Å². The van der Waals surface area contributed by atoms with Gasteiger partial charge in [-0.05, 0) is 66.9 Å². The molecule has 3 aromatic heterocycles. The third-order valence-corrected chi connectivity index (χ3v) is 7.12. The zero-order chi connectivity index (χ0) is 22.8. The molecule has 5 rings (SSSR count). The van der Waals surface area contributed by atoms with E-state index in [0.717, 1.165) is 10.4 Å². The predicted octanol–water partition coefficient (Wildman–Crippen LogP) is 4.72. The Morgan fingerprint density at radius 2 is 1.85 bits per heavy atom. The van der Waals surface area contributed by atoms with Crippen LogP contribution in [0.15, 0.2) is 83.1 Å². The van der Waals surface area contributed by atoms with Crippen LogP contribution in [0.1, 0.15) is 6.92 Å². The molecule has 8 nitrogen and oxygen atoms in total. The van der Waals surface area contributed by atoms with Crippen LogP contribution in [0.4, 0.5) is 5.69 Å². The van der Waals surface area contributed by atoms with Gasteiger partial charge in [0.15, 0.2) is 11.5 Å². The summed E-state index contributed by atoms with van der Waals surface area (Å²) in [6.07, 6.45) is 0. The van der Waals surface area contributed by atoms with Crippen molar-refractivity contribution in [3.05, 3.63) is 78.2 Å². The van der Waals surface area contributed by atoms with Gasteiger partial charge in [0.25, 0.3) is 10.0 Å². The van der Waals surface area contributed by atoms with Gasteiger partial charge in [0, 0.05) is 11.3 Å². The summed E-state index contributed by atoms with van der Waals surface area (Å²) in [6.45, 7) is 2.39. The van der Waals surface area contributed by atoms with Crippen LogP contribution < -0.4 is 9.46 Å². The van der Waals surface area contributed by atoms with E-state index < -0.39 is 10.0 Å². The van der Waals surface area contributed by atoms with E-state index in [2.05, 4.69) is 14.9 Å². The number of nitrogens with one attached hydrogen (secondary N) is 1. The third-order valence-electron chi connectivity index (χ3n) is 4.86. The normalized spacial score (nSPS) is 11.5. The summed E-state index contributed by atoms with van der Waals surface area (Å²) in [6, 6.07) is 21.0. The van der Waals surface area contributed by atoms with Gasteiger partial charge in [-0.1, -0.05) is 18.2 Å². The van der Waals surface area contributed by atoms with E-state index in [4.69, 9.17) is 9.84 Å². The molecule has 0 saturated carbocycles. The molecule has 3 heterocycles. The lowest BCUT2D eigenvalue weighted by atomic mass is 10.1. The van der Waals surface area contributed by atoms with Crippen molar-refractivity contribution in [2.75, 3.05) is 11.3 Å². The number of benzene rings is 2. The van der Waals surface area contributed by atoms with Crippen LogP contribution in [0.25, 0.3) is 27.6 Å². The molecule has 166 valence electrons. The second kappa shape index (κ2) is 8.64. The van der Waals surface area contributed by atoms with Crippen molar-refractivity contribution in [3.8, 4) is 27.7 Å². The van der Waals surface area contributed by atoms with E-state index in [0.29, 0.717) is 35.2 Å². The first-order valence-electron chi connectivity index (χ1n) is 10.2. The summed E-state index contributed by atoms with van der Waals surface area (Å²) in [5, 5.41) is 15.1. The average Bonchev–Trinajstić information content (AvgIpc) is 3.49. The second-order valence-electron chi connectivity index (χ2n) is 7.08. The lowest BCUT2D eigenvalue weighted by molar-refractivity contribution is 0.340. The molecule has 0 spiro atoms. The Hall–Kier alpha value is -3.76. The van der Waals surface area contributed by atoms with E-state index in [1.54, 1.807) is 46.2 Å². The summed E-state index contributed by atoms with van der Waals surface area (Å²) in [5.41, 5.74) is 2.50.